The second-order valence-corrected chi connectivity index (χ2v) is 8.67. The Kier molecular flexibility index (Phi) is 7.50. The van der Waals surface area contributed by atoms with Crippen LogP contribution in [0.25, 0.3) is 5.76 Å². The average Bonchev–Trinajstić information content (AvgIpc) is 3.17. The normalized spacial score (nSPS) is 16.5. The molecule has 3 aromatic carbocycles. The molecule has 37 heavy (non-hydrogen) atoms. The van der Waals surface area contributed by atoms with Crippen LogP contribution in [0.3, 0.4) is 0 Å². The van der Waals surface area contributed by atoms with Crippen molar-refractivity contribution in [2.45, 2.75) is 12.6 Å². The summed E-state index contributed by atoms with van der Waals surface area (Å²) in [6.45, 7) is 0.0391. The molecule has 9 heteroatoms. The van der Waals surface area contributed by atoms with E-state index in [1.165, 1.54) is 32.3 Å². The number of halogens is 1. The fourth-order valence-electron chi connectivity index (χ4n) is 4.27. The quantitative estimate of drug-likeness (QED) is 0.207. The minimum atomic E-state index is -0.931. The summed E-state index contributed by atoms with van der Waals surface area (Å²) in [5.41, 5.74) is 1.66. The van der Waals surface area contributed by atoms with Gasteiger partial charge < -0.3 is 24.2 Å². The van der Waals surface area contributed by atoms with Gasteiger partial charge in [-0.2, -0.15) is 0 Å². The van der Waals surface area contributed by atoms with Gasteiger partial charge in [0.15, 0.2) is 0 Å². The third-order valence-corrected chi connectivity index (χ3v) is 6.33. The SMILES string of the molecule is COC(=O)c1ccc(CN2C(=O)C(=O)/C(=C(/O)c3cc(Cl)ccc3OC)C2c2cccc(OC)c2)cc1. The van der Waals surface area contributed by atoms with E-state index in [1.54, 1.807) is 60.7 Å². The molecule has 1 fully saturated rings. The minimum Gasteiger partial charge on any atom is -0.507 e. The minimum absolute atomic E-state index is 0.0391. The summed E-state index contributed by atoms with van der Waals surface area (Å²) in [5.74, 6) is -1.72. The number of methoxy groups -OCH3 is 3. The van der Waals surface area contributed by atoms with Crippen molar-refractivity contribution in [3.05, 3.63) is 99.6 Å². The summed E-state index contributed by atoms with van der Waals surface area (Å²) >= 11 is 6.16. The highest BCUT2D eigenvalue weighted by atomic mass is 35.5. The highest BCUT2D eigenvalue weighted by molar-refractivity contribution is 6.46. The number of carbonyl (C=O) groups is 3. The van der Waals surface area contributed by atoms with Crippen molar-refractivity contribution in [2.24, 2.45) is 0 Å². The van der Waals surface area contributed by atoms with E-state index < -0.39 is 29.5 Å². The smallest absolute Gasteiger partial charge is 0.337 e. The maximum Gasteiger partial charge on any atom is 0.337 e. The highest BCUT2D eigenvalue weighted by Gasteiger charge is 2.46. The zero-order valence-electron chi connectivity index (χ0n) is 20.4. The Morgan fingerprint density at radius 1 is 0.973 bits per heavy atom. The number of amides is 1. The summed E-state index contributed by atoms with van der Waals surface area (Å²) in [6, 6.07) is 17.1. The molecular formula is C28H24ClNO7. The van der Waals surface area contributed by atoms with Gasteiger partial charge >= 0.3 is 5.97 Å². The number of aliphatic hydroxyl groups excluding tert-OH is 1. The molecule has 1 N–H and O–H groups in total. The number of rotatable bonds is 7. The van der Waals surface area contributed by atoms with Crippen LogP contribution in [0.5, 0.6) is 11.5 Å². The van der Waals surface area contributed by atoms with Crippen LogP contribution in [0.15, 0.2) is 72.3 Å². The van der Waals surface area contributed by atoms with E-state index in [9.17, 15) is 19.5 Å². The van der Waals surface area contributed by atoms with Crippen LogP contribution >= 0.6 is 11.6 Å². The Morgan fingerprint density at radius 3 is 2.35 bits per heavy atom. The Labute approximate surface area is 218 Å². The van der Waals surface area contributed by atoms with Crippen LogP contribution in [0.2, 0.25) is 5.02 Å². The van der Waals surface area contributed by atoms with Crippen molar-refractivity contribution in [2.75, 3.05) is 21.3 Å². The van der Waals surface area contributed by atoms with Crippen LogP contribution < -0.4 is 9.47 Å². The molecule has 3 aromatic rings. The number of carbonyl (C=O) groups excluding carboxylic acids is 3. The van der Waals surface area contributed by atoms with Gasteiger partial charge in [0.05, 0.1) is 44.1 Å². The Bertz CT molecular complexity index is 1400. The second-order valence-electron chi connectivity index (χ2n) is 8.24. The molecule has 0 saturated carbocycles. The molecule has 1 saturated heterocycles. The number of benzene rings is 3. The summed E-state index contributed by atoms with van der Waals surface area (Å²) in [5, 5.41) is 11.7. The van der Waals surface area contributed by atoms with E-state index in [-0.39, 0.29) is 23.4 Å². The molecule has 1 aliphatic heterocycles. The van der Waals surface area contributed by atoms with Gasteiger partial charge in [0.25, 0.3) is 11.7 Å². The summed E-state index contributed by atoms with van der Waals surface area (Å²) in [6.07, 6.45) is 0. The fourth-order valence-corrected chi connectivity index (χ4v) is 4.44. The third-order valence-electron chi connectivity index (χ3n) is 6.09. The van der Waals surface area contributed by atoms with E-state index >= 15 is 0 Å². The predicted octanol–water partition coefficient (Wildman–Crippen LogP) is 4.77. The van der Waals surface area contributed by atoms with Gasteiger partial charge in [-0.25, -0.2) is 4.79 Å². The summed E-state index contributed by atoms with van der Waals surface area (Å²) < 4.78 is 15.4. The molecular weight excluding hydrogens is 498 g/mol. The number of aliphatic hydroxyl groups is 1. The topological polar surface area (TPSA) is 102 Å². The first kappa shape index (κ1) is 25.8. The molecule has 1 heterocycles. The lowest BCUT2D eigenvalue weighted by atomic mass is 9.94. The van der Waals surface area contributed by atoms with E-state index in [0.29, 0.717) is 27.5 Å². The first-order valence-corrected chi connectivity index (χ1v) is 11.6. The molecule has 4 rings (SSSR count). The summed E-state index contributed by atoms with van der Waals surface area (Å²) in [4.78, 5) is 39.8. The maximum absolute atomic E-state index is 13.4. The third kappa shape index (κ3) is 5.01. The van der Waals surface area contributed by atoms with Gasteiger partial charge in [-0.15, -0.1) is 0 Å². The molecule has 1 unspecified atom stereocenters. The largest absolute Gasteiger partial charge is 0.507 e. The monoisotopic (exact) mass is 521 g/mol. The maximum atomic E-state index is 13.4. The number of ether oxygens (including phenoxy) is 3. The Morgan fingerprint density at radius 2 is 1.70 bits per heavy atom. The van der Waals surface area contributed by atoms with E-state index in [1.807, 2.05) is 0 Å². The fraction of sp³-hybridized carbons (Fsp3) is 0.179. The first-order chi connectivity index (χ1) is 17.8. The zero-order valence-corrected chi connectivity index (χ0v) is 21.1. The molecule has 1 amide bonds. The standard InChI is InChI=1S/C28H24ClNO7/c1-35-20-6-4-5-18(13-20)24-23(25(31)21-14-19(29)11-12-22(21)36-2)26(32)27(33)30(24)15-16-7-9-17(10-8-16)28(34)37-3/h4-14,24,31H,15H2,1-3H3/b25-23+. The van der Waals surface area contributed by atoms with Gasteiger partial charge in [-0.05, 0) is 53.6 Å². The number of ketones is 1. The predicted molar refractivity (Wildman–Crippen MR) is 137 cm³/mol. The average molecular weight is 522 g/mol. The molecule has 1 atom stereocenters. The summed E-state index contributed by atoms with van der Waals surface area (Å²) in [7, 11) is 4.23. The number of hydrogen-bond acceptors (Lipinski definition) is 7. The molecule has 190 valence electrons. The van der Waals surface area contributed by atoms with Crippen LogP contribution in [-0.4, -0.2) is 49.0 Å². The van der Waals surface area contributed by atoms with Gasteiger partial charge in [0, 0.05) is 11.6 Å². The zero-order chi connectivity index (χ0) is 26.7. The van der Waals surface area contributed by atoms with Gasteiger partial charge in [0.2, 0.25) is 0 Å². The lowest BCUT2D eigenvalue weighted by Gasteiger charge is -2.26. The van der Waals surface area contributed by atoms with Crippen molar-refractivity contribution in [3.63, 3.8) is 0 Å². The molecule has 0 aromatic heterocycles. The van der Waals surface area contributed by atoms with Crippen LogP contribution in [-0.2, 0) is 20.9 Å². The van der Waals surface area contributed by atoms with Crippen molar-refractivity contribution in [3.8, 4) is 11.5 Å². The molecule has 1 aliphatic rings. The van der Waals surface area contributed by atoms with Crippen LogP contribution in [0.1, 0.15) is 33.1 Å². The Hall–Kier alpha value is -4.30. The van der Waals surface area contributed by atoms with Crippen molar-refractivity contribution >= 4 is 35.0 Å². The van der Waals surface area contributed by atoms with Crippen LogP contribution in [0.4, 0.5) is 0 Å². The Balaban J connectivity index is 1.86. The van der Waals surface area contributed by atoms with E-state index in [4.69, 9.17) is 25.8 Å². The van der Waals surface area contributed by atoms with Crippen LogP contribution in [0, 0.1) is 0 Å². The van der Waals surface area contributed by atoms with Gasteiger partial charge in [0.1, 0.15) is 17.3 Å². The van der Waals surface area contributed by atoms with Crippen molar-refractivity contribution in [1.82, 2.24) is 4.90 Å². The molecule has 0 bridgehead atoms. The lowest BCUT2D eigenvalue weighted by Crippen LogP contribution is -2.29. The molecule has 0 aliphatic carbocycles. The molecule has 8 nitrogen and oxygen atoms in total. The van der Waals surface area contributed by atoms with Gasteiger partial charge in [-0.3, -0.25) is 9.59 Å². The first-order valence-electron chi connectivity index (χ1n) is 11.2. The number of nitrogens with zero attached hydrogens (tertiary/aromatic N) is 1. The van der Waals surface area contributed by atoms with E-state index in [2.05, 4.69) is 0 Å². The number of likely N-dealkylation sites (tertiary alicyclic amines) is 1. The van der Waals surface area contributed by atoms with E-state index in [0.717, 1.165) is 0 Å². The molecule has 0 radical (unpaired) electrons. The van der Waals surface area contributed by atoms with Gasteiger partial charge in [-0.1, -0.05) is 35.9 Å². The highest BCUT2D eigenvalue weighted by Crippen LogP contribution is 2.42. The lowest BCUT2D eigenvalue weighted by molar-refractivity contribution is -0.140. The van der Waals surface area contributed by atoms with Crippen molar-refractivity contribution < 1.29 is 33.7 Å². The number of Topliss-reactive ketones (excluding diaryl/α,β-unsaturated/α-hetero) is 1. The second kappa shape index (κ2) is 10.8. The number of hydrogen-bond donors (Lipinski definition) is 1. The molecule has 0 spiro atoms. The van der Waals surface area contributed by atoms with Crippen molar-refractivity contribution in [1.29, 1.82) is 0 Å². The number of esters is 1.